The summed E-state index contributed by atoms with van der Waals surface area (Å²) in [4.78, 5) is 25.8. The highest BCUT2D eigenvalue weighted by Gasteiger charge is 2.18. The number of hydrogen-bond acceptors (Lipinski definition) is 6. The number of nitrogens with one attached hydrogen (secondary N) is 2. The van der Waals surface area contributed by atoms with Gasteiger partial charge in [-0.05, 0) is 43.2 Å². The molecule has 0 atom stereocenters. The maximum absolute atomic E-state index is 12.3. The zero-order chi connectivity index (χ0) is 19.5. The van der Waals surface area contributed by atoms with E-state index in [9.17, 15) is 18.0 Å². The van der Waals surface area contributed by atoms with Crippen LogP contribution in [0.2, 0.25) is 0 Å². The first-order chi connectivity index (χ1) is 12.2. The second-order valence-corrected chi connectivity index (χ2v) is 8.08. The summed E-state index contributed by atoms with van der Waals surface area (Å²) in [6, 6.07) is 5.37. The number of methoxy groups -OCH3 is 1. The molecule has 140 valence electrons. The molecule has 0 aliphatic heterocycles. The van der Waals surface area contributed by atoms with Gasteiger partial charge in [0.2, 0.25) is 10.0 Å². The van der Waals surface area contributed by atoms with E-state index in [1.54, 1.807) is 6.07 Å². The van der Waals surface area contributed by atoms with Crippen molar-refractivity contribution < 1.29 is 22.7 Å². The molecule has 0 spiro atoms. The molecule has 26 heavy (non-hydrogen) atoms. The third kappa shape index (κ3) is 4.40. The normalized spacial score (nSPS) is 11.1. The molecule has 0 aliphatic rings. The molecule has 0 unspecified atom stereocenters. The van der Waals surface area contributed by atoms with Gasteiger partial charge in [0, 0.05) is 4.88 Å². The van der Waals surface area contributed by atoms with E-state index in [-0.39, 0.29) is 16.2 Å². The average molecular weight is 397 g/mol. The largest absolute Gasteiger partial charge is 0.496 e. The van der Waals surface area contributed by atoms with Crippen molar-refractivity contribution in [1.29, 1.82) is 0 Å². The van der Waals surface area contributed by atoms with Gasteiger partial charge in [-0.2, -0.15) is 0 Å². The smallest absolute Gasteiger partial charge is 0.279 e. The number of aryl methyl sites for hydroxylation is 2. The van der Waals surface area contributed by atoms with Crippen LogP contribution in [0.1, 0.15) is 37.4 Å². The number of amides is 2. The third-order valence-corrected chi connectivity index (χ3v) is 5.89. The molecule has 2 amide bonds. The lowest BCUT2D eigenvalue weighted by Gasteiger charge is -2.11. The first kappa shape index (κ1) is 19.9. The number of ether oxygens (including phenoxy) is 1. The fraction of sp³-hybridized carbons (Fsp3) is 0.250. The highest BCUT2D eigenvalue weighted by atomic mass is 32.2. The van der Waals surface area contributed by atoms with Crippen molar-refractivity contribution in [1.82, 2.24) is 10.9 Å². The standard InChI is InChI=1S/C16H19N3O5S2/c1-4-13-9(2)7-14(25-13)16(21)19-18-15(20)11-8-10(26(17,22)23)5-6-12(11)24-3/h5-8H,4H2,1-3H3,(H,18,20)(H,19,21)(H2,17,22,23). The maximum atomic E-state index is 12.3. The topological polar surface area (TPSA) is 128 Å². The number of carbonyl (C=O) groups is 2. The van der Waals surface area contributed by atoms with Gasteiger partial charge >= 0.3 is 0 Å². The van der Waals surface area contributed by atoms with Crippen molar-refractivity contribution in [3.05, 3.63) is 45.1 Å². The van der Waals surface area contributed by atoms with E-state index in [1.165, 1.54) is 30.6 Å². The predicted octanol–water partition coefficient (Wildman–Crippen LogP) is 1.35. The highest BCUT2D eigenvalue weighted by molar-refractivity contribution is 7.89. The molecule has 2 rings (SSSR count). The summed E-state index contributed by atoms with van der Waals surface area (Å²) in [7, 11) is -2.65. The van der Waals surface area contributed by atoms with Crippen LogP contribution in [0.25, 0.3) is 0 Å². The van der Waals surface area contributed by atoms with Gasteiger partial charge in [-0.3, -0.25) is 20.4 Å². The summed E-state index contributed by atoms with van der Waals surface area (Å²) in [6.07, 6.45) is 0.813. The lowest BCUT2D eigenvalue weighted by molar-refractivity contribution is 0.0847. The van der Waals surface area contributed by atoms with Gasteiger partial charge < -0.3 is 4.74 Å². The zero-order valence-corrected chi connectivity index (χ0v) is 16.1. The van der Waals surface area contributed by atoms with Crippen LogP contribution in [-0.2, 0) is 16.4 Å². The van der Waals surface area contributed by atoms with Crippen molar-refractivity contribution in [2.45, 2.75) is 25.2 Å². The minimum atomic E-state index is -3.98. The summed E-state index contributed by atoms with van der Waals surface area (Å²) in [5.74, 6) is -1.05. The molecule has 2 aromatic rings. The molecular formula is C16H19N3O5S2. The van der Waals surface area contributed by atoms with Crippen molar-refractivity contribution >= 4 is 33.2 Å². The lowest BCUT2D eigenvalue weighted by Crippen LogP contribution is -2.41. The van der Waals surface area contributed by atoms with Gasteiger partial charge in [0.25, 0.3) is 11.8 Å². The highest BCUT2D eigenvalue weighted by Crippen LogP contribution is 2.23. The van der Waals surface area contributed by atoms with Gasteiger partial charge in [0.15, 0.2) is 0 Å². The Balaban J connectivity index is 2.17. The van der Waals surface area contributed by atoms with Crippen LogP contribution < -0.4 is 20.7 Å². The summed E-state index contributed by atoms with van der Waals surface area (Å²) in [5, 5.41) is 5.08. The third-order valence-electron chi connectivity index (χ3n) is 3.60. The van der Waals surface area contributed by atoms with E-state index in [2.05, 4.69) is 10.9 Å². The number of hydrazine groups is 1. The Bertz CT molecular complexity index is 951. The molecule has 1 heterocycles. The van der Waals surface area contributed by atoms with Crippen LogP contribution in [0.3, 0.4) is 0 Å². The first-order valence-electron chi connectivity index (χ1n) is 7.58. The molecule has 0 aliphatic carbocycles. The van der Waals surface area contributed by atoms with Crippen LogP contribution in [0.5, 0.6) is 5.75 Å². The molecule has 0 bridgehead atoms. The Labute approximate surface area is 155 Å². The molecule has 0 fully saturated rings. The SMILES string of the molecule is CCc1sc(C(=O)NNC(=O)c2cc(S(N)(=O)=O)ccc2OC)cc1C. The summed E-state index contributed by atoms with van der Waals surface area (Å²) >= 11 is 1.34. The van der Waals surface area contributed by atoms with E-state index in [0.717, 1.165) is 22.9 Å². The molecule has 4 N–H and O–H groups in total. The van der Waals surface area contributed by atoms with E-state index >= 15 is 0 Å². The van der Waals surface area contributed by atoms with E-state index in [4.69, 9.17) is 9.88 Å². The van der Waals surface area contributed by atoms with Gasteiger partial charge in [-0.15, -0.1) is 11.3 Å². The molecule has 1 aromatic heterocycles. The van der Waals surface area contributed by atoms with Crippen molar-refractivity contribution in [3.8, 4) is 5.75 Å². The number of hydrogen-bond donors (Lipinski definition) is 3. The molecule has 0 radical (unpaired) electrons. The Morgan fingerprint density at radius 2 is 1.85 bits per heavy atom. The molecule has 1 aromatic carbocycles. The number of carbonyl (C=O) groups excluding carboxylic acids is 2. The molecule has 10 heteroatoms. The predicted molar refractivity (Wildman–Crippen MR) is 97.7 cm³/mol. The van der Waals surface area contributed by atoms with Crippen molar-refractivity contribution in [3.63, 3.8) is 0 Å². The molecule has 0 saturated carbocycles. The fourth-order valence-corrected chi connectivity index (χ4v) is 3.82. The molecule has 0 saturated heterocycles. The Morgan fingerprint density at radius 1 is 1.19 bits per heavy atom. The Kier molecular flexibility index (Phi) is 6.01. The minimum absolute atomic E-state index is 0.0732. The zero-order valence-electron chi connectivity index (χ0n) is 14.5. The first-order valence-corrected chi connectivity index (χ1v) is 9.94. The fourth-order valence-electron chi connectivity index (χ4n) is 2.27. The lowest BCUT2D eigenvalue weighted by atomic mass is 10.2. The van der Waals surface area contributed by atoms with Crippen LogP contribution in [0.15, 0.2) is 29.2 Å². The summed E-state index contributed by atoms with van der Waals surface area (Å²) < 4.78 is 28.0. The van der Waals surface area contributed by atoms with E-state index in [1.807, 2.05) is 13.8 Å². The van der Waals surface area contributed by atoms with Crippen LogP contribution in [0.4, 0.5) is 0 Å². The Morgan fingerprint density at radius 3 is 2.38 bits per heavy atom. The molecule has 8 nitrogen and oxygen atoms in total. The maximum Gasteiger partial charge on any atom is 0.279 e. The van der Waals surface area contributed by atoms with Gasteiger partial charge in [0.05, 0.1) is 22.4 Å². The number of nitrogens with two attached hydrogens (primary N) is 1. The average Bonchev–Trinajstić information content (AvgIpc) is 2.98. The molecular weight excluding hydrogens is 378 g/mol. The second kappa shape index (κ2) is 7.85. The number of sulfonamides is 1. The van der Waals surface area contributed by atoms with Gasteiger partial charge in [0.1, 0.15) is 5.75 Å². The van der Waals surface area contributed by atoms with Crippen LogP contribution >= 0.6 is 11.3 Å². The van der Waals surface area contributed by atoms with Crippen LogP contribution in [0, 0.1) is 6.92 Å². The number of rotatable bonds is 5. The minimum Gasteiger partial charge on any atom is -0.496 e. The summed E-state index contributed by atoms with van der Waals surface area (Å²) in [5.41, 5.74) is 5.49. The van der Waals surface area contributed by atoms with E-state index in [0.29, 0.717) is 4.88 Å². The quantitative estimate of drug-likeness (QED) is 0.656. The van der Waals surface area contributed by atoms with Crippen molar-refractivity contribution in [2.75, 3.05) is 7.11 Å². The number of benzene rings is 1. The Hall–Kier alpha value is -2.43. The monoisotopic (exact) mass is 397 g/mol. The number of thiophene rings is 1. The van der Waals surface area contributed by atoms with Gasteiger partial charge in [-0.25, -0.2) is 13.6 Å². The second-order valence-electron chi connectivity index (χ2n) is 5.39. The number of primary sulfonamides is 1. The van der Waals surface area contributed by atoms with Crippen LogP contribution in [-0.4, -0.2) is 27.3 Å². The van der Waals surface area contributed by atoms with Gasteiger partial charge in [-0.1, -0.05) is 6.92 Å². The summed E-state index contributed by atoms with van der Waals surface area (Å²) in [6.45, 7) is 3.90. The van der Waals surface area contributed by atoms with E-state index < -0.39 is 21.8 Å². The van der Waals surface area contributed by atoms with Crippen molar-refractivity contribution in [2.24, 2.45) is 5.14 Å².